The number of aryl methyl sites for hydroxylation is 2. The number of nitrogens with one attached hydrogen (secondary N) is 1. The molecule has 5 rings (SSSR count). The maximum Gasteiger partial charge on any atom is 0.192 e. The van der Waals surface area contributed by atoms with Gasteiger partial charge in [-0.25, -0.2) is 9.97 Å². The fraction of sp³-hybridized carbons (Fsp3) is 0.333. The van der Waals surface area contributed by atoms with Gasteiger partial charge in [0.15, 0.2) is 16.7 Å². The summed E-state index contributed by atoms with van der Waals surface area (Å²) < 4.78 is 17.2. The van der Waals surface area contributed by atoms with Crippen molar-refractivity contribution in [3.05, 3.63) is 64.6 Å². The number of halogens is 1. The Morgan fingerprint density at radius 3 is 2.59 bits per heavy atom. The second-order valence-corrected chi connectivity index (χ2v) is 11.1. The lowest BCUT2D eigenvalue weighted by Gasteiger charge is -2.26. The molecule has 212 valence electrons. The van der Waals surface area contributed by atoms with Crippen molar-refractivity contribution in [2.75, 3.05) is 51.9 Å². The van der Waals surface area contributed by atoms with Crippen LogP contribution < -0.4 is 14.8 Å². The number of methoxy groups -OCH3 is 1. The van der Waals surface area contributed by atoms with E-state index in [-0.39, 0.29) is 0 Å². The predicted molar refractivity (Wildman–Crippen MR) is 161 cm³/mol. The molecule has 0 aliphatic carbocycles. The number of aromatic nitrogens is 3. The number of fused-ring (bicyclic) bond motifs is 1. The van der Waals surface area contributed by atoms with Gasteiger partial charge in [0.1, 0.15) is 6.07 Å². The van der Waals surface area contributed by atoms with Gasteiger partial charge in [-0.05, 0) is 62.4 Å². The highest BCUT2D eigenvalue weighted by Crippen LogP contribution is 2.39. The van der Waals surface area contributed by atoms with Crippen molar-refractivity contribution in [3.63, 3.8) is 0 Å². The van der Waals surface area contributed by atoms with Crippen LogP contribution in [0.15, 0.2) is 52.6 Å². The first-order valence-corrected chi connectivity index (χ1v) is 14.5. The molecule has 1 N–H and O–H groups in total. The highest BCUT2D eigenvalue weighted by molar-refractivity contribution is 7.99. The summed E-state index contributed by atoms with van der Waals surface area (Å²) >= 11 is 8.06. The van der Waals surface area contributed by atoms with Gasteiger partial charge in [-0.1, -0.05) is 11.6 Å². The van der Waals surface area contributed by atoms with Gasteiger partial charge in [0.2, 0.25) is 0 Å². The summed E-state index contributed by atoms with van der Waals surface area (Å²) in [5.41, 5.74) is 4.23. The van der Waals surface area contributed by atoms with Crippen molar-refractivity contribution in [2.24, 2.45) is 0 Å². The second kappa shape index (κ2) is 13.4. The normalized spacial score (nSPS) is 13.6. The Labute approximate surface area is 248 Å². The molecule has 0 radical (unpaired) electrons. The quantitative estimate of drug-likeness (QED) is 0.170. The maximum atomic E-state index is 9.85. The van der Waals surface area contributed by atoms with E-state index in [1.807, 2.05) is 50.2 Å². The van der Waals surface area contributed by atoms with E-state index in [0.29, 0.717) is 45.1 Å². The SMILES string of the molecule is COc1cc2c(Nc3ccc(Sc4nc(C)cc(C)n4)c(Cl)c3)c(C#N)cnc2cc1OCCCN1CCOCC1. The lowest BCUT2D eigenvalue weighted by atomic mass is 10.1. The van der Waals surface area contributed by atoms with Gasteiger partial charge in [0, 0.05) is 59.3 Å². The third-order valence-electron chi connectivity index (χ3n) is 6.62. The molecule has 0 atom stereocenters. The number of benzene rings is 2. The summed E-state index contributed by atoms with van der Waals surface area (Å²) in [4.78, 5) is 16.7. The van der Waals surface area contributed by atoms with E-state index in [9.17, 15) is 5.26 Å². The molecule has 1 fully saturated rings. The van der Waals surface area contributed by atoms with Crippen molar-refractivity contribution >= 4 is 45.6 Å². The second-order valence-electron chi connectivity index (χ2n) is 9.64. The van der Waals surface area contributed by atoms with Crippen molar-refractivity contribution < 1.29 is 14.2 Å². The highest BCUT2D eigenvalue weighted by atomic mass is 35.5. The van der Waals surface area contributed by atoms with Gasteiger partial charge in [0.25, 0.3) is 0 Å². The molecule has 11 heteroatoms. The first-order chi connectivity index (χ1) is 19.9. The molecule has 0 saturated carbocycles. The minimum atomic E-state index is 0.400. The van der Waals surface area contributed by atoms with Gasteiger partial charge in [0.05, 0.1) is 48.7 Å². The number of pyridine rings is 1. The number of ether oxygens (including phenoxy) is 3. The third kappa shape index (κ3) is 7.18. The van der Waals surface area contributed by atoms with Crippen molar-refractivity contribution in [3.8, 4) is 17.6 Å². The Hall–Kier alpha value is -3.62. The summed E-state index contributed by atoms with van der Waals surface area (Å²) in [6.45, 7) is 8.85. The smallest absolute Gasteiger partial charge is 0.192 e. The maximum absolute atomic E-state index is 9.85. The van der Waals surface area contributed by atoms with Crippen LogP contribution in [0, 0.1) is 25.2 Å². The van der Waals surface area contributed by atoms with Crippen molar-refractivity contribution in [1.82, 2.24) is 19.9 Å². The standard InChI is InChI=1S/C30H31ClN6O3S/c1-19-13-20(2)35-30(34-19)41-28-6-5-22(14-24(28)31)36-29-21(17-32)18-33-25-16-27(26(38-3)15-23(25)29)40-10-4-7-37-8-11-39-12-9-37/h5-6,13-16,18H,4,7-12H2,1-3H3,(H,33,36). The molecular formula is C30H31ClN6O3S. The van der Waals surface area contributed by atoms with E-state index in [0.717, 1.165) is 66.6 Å². The van der Waals surface area contributed by atoms with Crippen LogP contribution in [0.4, 0.5) is 11.4 Å². The first-order valence-electron chi connectivity index (χ1n) is 13.3. The molecular weight excluding hydrogens is 560 g/mol. The molecule has 1 aliphatic heterocycles. The molecule has 1 saturated heterocycles. The van der Waals surface area contributed by atoms with Crippen LogP contribution in [0.2, 0.25) is 5.02 Å². The summed E-state index contributed by atoms with van der Waals surface area (Å²) in [7, 11) is 1.60. The van der Waals surface area contributed by atoms with Gasteiger partial charge >= 0.3 is 0 Å². The molecule has 3 heterocycles. The predicted octanol–water partition coefficient (Wildman–Crippen LogP) is 6.17. The molecule has 0 spiro atoms. The molecule has 9 nitrogen and oxygen atoms in total. The molecule has 4 aromatic rings. The summed E-state index contributed by atoms with van der Waals surface area (Å²) in [6, 6.07) is 13.5. The number of nitriles is 1. The van der Waals surface area contributed by atoms with E-state index in [1.165, 1.54) is 11.8 Å². The molecule has 0 unspecified atom stereocenters. The third-order valence-corrected chi connectivity index (χ3v) is 7.98. The van der Waals surface area contributed by atoms with E-state index in [2.05, 4.69) is 31.2 Å². The Bertz CT molecular complexity index is 1570. The van der Waals surface area contributed by atoms with Crippen LogP contribution in [0.3, 0.4) is 0 Å². The monoisotopic (exact) mass is 590 g/mol. The highest BCUT2D eigenvalue weighted by Gasteiger charge is 2.16. The van der Waals surface area contributed by atoms with Crippen LogP contribution in [-0.2, 0) is 4.74 Å². The molecule has 1 aliphatic rings. The van der Waals surface area contributed by atoms with Gasteiger partial charge < -0.3 is 19.5 Å². The average molecular weight is 591 g/mol. The molecule has 0 bridgehead atoms. The van der Waals surface area contributed by atoms with Gasteiger partial charge in [-0.2, -0.15) is 5.26 Å². The van der Waals surface area contributed by atoms with Crippen LogP contribution in [-0.4, -0.2) is 66.4 Å². The minimum absolute atomic E-state index is 0.400. The van der Waals surface area contributed by atoms with E-state index < -0.39 is 0 Å². The zero-order valence-electron chi connectivity index (χ0n) is 23.2. The number of nitrogens with zero attached hydrogens (tertiary/aromatic N) is 5. The number of morpholine rings is 1. The zero-order valence-corrected chi connectivity index (χ0v) is 24.8. The first kappa shape index (κ1) is 28.9. The lowest BCUT2D eigenvalue weighted by molar-refractivity contribution is 0.0357. The Kier molecular flexibility index (Phi) is 9.42. The Morgan fingerprint density at radius 2 is 1.88 bits per heavy atom. The van der Waals surface area contributed by atoms with Gasteiger partial charge in [-0.15, -0.1) is 0 Å². The van der Waals surface area contributed by atoms with Crippen LogP contribution >= 0.6 is 23.4 Å². The average Bonchev–Trinajstić information content (AvgIpc) is 2.96. The molecule has 41 heavy (non-hydrogen) atoms. The Morgan fingerprint density at radius 1 is 1.10 bits per heavy atom. The Balaban J connectivity index is 1.35. The van der Waals surface area contributed by atoms with Crippen LogP contribution in [0.1, 0.15) is 23.4 Å². The fourth-order valence-corrected chi connectivity index (χ4v) is 5.79. The van der Waals surface area contributed by atoms with Crippen LogP contribution in [0.25, 0.3) is 10.9 Å². The van der Waals surface area contributed by atoms with E-state index >= 15 is 0 Å². The molecule has 2 aromatic carbocycles. The number of rotatable bonds is 10. The van der Waals surface area contributed by atoms with E-state index in [1.54, 1.807) is 13.3 Å². The number of anilines is 2. The fourth-order valence-electron chi connectivity index (χ4n) is 4.63. The topological polar surface area (TPSA) is 105 Å². The van der Waals surface area contributed by atoms with Crippen LogP contribution in [0.5, 0.6) is 11.5 Å². The molecule has 2 aromatic heterocycles. The van der Waals surface area contributed by atoms with Crippen molar-refractivity contribution in [1.29, 1.82) is 5.26 Å². The summed E-state index contributed by atoms with van der Waals surface area (Å²) in [6.07, 6.45) is 2.45. The van der Waals surface area contributed by atoms with E-state index in [4.69, 9.17) is 25.8 Å². The largest absolute Gasteiger partial charge is 0.493 e. The number of hydrogen-bond acceptors (Lipinski definition) is 10. The summed E-state index contributed by atoms with van der Waals surface area (Å²) in [5, 5.41) is 15.2. The summed E-state index contributed by atoms with van der Waals surface area (Å²) in [5.74, 6) is 1.19. The lowest BCUT2D eigenvalue weighted by Crippen LogP contribution is -2.37. The van der Waals surface area contributed by atoms with Crippen molar-refractivity contribution in [2.45, 2.75) is 30.3 Å². The molecule has 0 amide bonds. The zero-order chi connectivity index (χ0) is 28.8. The number of hydrogen-bond donors (Lipinski definition) is 1. The minimum Gasteiger partial charge on any atom is -0.493 e. The van der Waals surface area contributed by atoms with Gasteiger partial charge in [-0.3, -0.25) is 9.88 Å².